The van der Waals surface area contributed by atoms with E-state index in [4.69, 9.17) is 4.42 Å². The van der Waals surface area contributed by atoms with Gasteiger partial charge in [-0.1, -0.05) is 0 Å². The topological polar surface area (TPSA) is 58.6 Å². The van der Waals surface area contributed by atoms with Crippen molar-refractivity contribution in [3.63, 3.8) is 0 Å². The van der Waals surface area contributed by atoms with Crippen molar-refractivity contribution >= 4 is 5.78 Å². The molecule has 0 aromatic carbocycles. The Bertz CT molecular complexity index is 730. The van der Waals surface area contributed by atoms with Crippen LogP contribution in [-0.4, -0.2) is 45.6 Å². The molecule has 3 rings (SSSR count). The van der Waals surface area contributed by atoms with Crippen LogP contribution in [0, 0.1) is 19.8 Å². The summed E-state index contributed by atoms with van der Waals surface area (Å²) >= 11 is 0. The van der Waals surface area contributed by atoms with Crippen molar-refractivity contribution in [2.24, 2.45) is 5.92 Å². The molecule has 1 aliphatic rings. The highest BCUT2D eigenvalue weighted by Gasteiger charge is 2.33. The standard InChI is InChI=1S/C20H28N2O3/c1-13-10-19(14(2)22(13)12-18-6-5-9-25-18)20(24)15(3)21-8-7-17(11-21)16(4)23/h5-6,9-10,15-17,23H,7-8,11-12H2,1-4H3. The van der Waals surface area contributed by atoms with Crippen LogP contribution in [0.3, 0.4) is 0 Å². The molecular formula is C20H28N2O3. The van der Waals surface area contributed by atoms with Crippen LogP contribution >= 0.6 is 0 Å². The van der Waals surface area contributed by atoms with Crippen LogP contribution < -0.4 is 0 Å². The van der Waals surface area contributed by atoms with Gasteiger partial charge in [0, 0.05) is 23.5 Å². The highest BCUT2D eigenvalue weighted by molar-refractivity contribution is 6.01. The van der Waals surface area contributed by atoms with Crippen LogP contribution in [0.25, 0.3) is 0 Å². The highest BCUT2D eigenvalue weighted by Crippen LogP contribution is 2.25. The van der Waals surface area contributed by atoms with Gasteiger partial charge in [-0.2, -0.15) is 0 Å². The van der Waals surface area contributed by atoms with E-state index in [9.17, 15) is 9.90 Å². The molecule has 2 aromatic rings. The Balaban J connectivity index is 1.76. The van der Waals surface area contributed by atoms with Gasteiger partial charge in [0.25, 0.3) is 0 Å². The number of nitrogens with zero attached hydrogens (tertiary/aromatic N) is 2. The number of rotatable bonds is 6. The lowest BCUT2D eigenvalue weighted by molar-refractivity contribution is 0.0835. The number of furan rings is 1. The molecule has 5 heteroatoms. The number of ketones is 1. The quantitative estimate of drug-likeness (QED) is 0.819. The van der Waals surface area contributed by atoms with Crippen LogP contribution in [0.4, 0.5) is 0 Å². The lowest BCUT2D eigenvalue weighted by Crippen LogP contribution is -2.38. The maximum absolute atomic E-state index is 13.1. The first-order valence-electron chi connectivity index (χ1n) is 9.04. The van der Waals surface area contributed by atoms with E-state index in [0.29, 0.717) is 6.54 Å². The number of carbonyl (C=O) groups excluding carboxylic acids is 1. The Morgan fingerprint density at radius 1 is 1.40 bits per heavy atom. The Morgan fingerprint density at radius 3 is 2.76 bits per heavy atom. The van der Waals surface area contributed by atoms with E-state index in [1.165, 1.54) is 0 Å². The highest BCUT2D eigenvalue weighted by atomic mass is 16.3. The molecule has 3 unspecified atom stereocenters. The van der Waals surface area contributed by atoms with Gasteiger partial charge in [-0.3, -0.25) is 9.69 Å². The molecule has 3 atom stereocenters. The molecule has 0 aliphatic carbocycles. The predicted octanol–water partition coefficient (Wildman–Crippen LogP) is 3.02. The molecule has 0 radical (unpaired) electrons. The Hall–Kier alpha value is -1.85. The number of aromatic nitrogens is 1. The molecule has 5 nitrogen and oxygen atoms in total. The van der Waals surface area contributed by atoms with E-state index in [2.05, 4.69) is 9.47 Å². The summed E-state index contributed by atoms with van der Waals surface area (Å²) < 4.78 is 7.57. The van der Waals surface area contributed by atoms with E-state index in [1.807, 2.05) is 45.9 Å². The van der Waals surface area contributed by atoms with Gasteiger partial charge in [0.1, 0.15) is 5.76 Å². The molecule has 25 heavy (non-hydrogen) atoms. The van der Waals surface area contributed by atoms with Crippen LogP contribution in [-0.2, 0) is 6.54 Å². The summed E-state index contributed by atoms with van der Waals surface area (Å²) in [5.41, 5.74) is 2.84. The molecule has 1 fully saturated rings. The molecule has 2 aromatic heterocycles. The van der Waals surface area contributed by atoms with Crippen molar-refractivity contribution in [2.75, 3.05) is 13.1 Å². The maximum atomic E-state index is 13.1. The van der Waals surface area contributed by atoms with Crippen LogP contribution in [0.1, 0.15) is 47.8 Å². The Kier molecular flexibility index (Phi) is 5.16. The van der Waals surface area contributed by atoms with Gasteiger partial charge < -0.3 is 14.1 Å². The summed E-state index contributed by atoms with van der Waals surface area (Å²) in [6.07, 6.45) is 2.31. The second-order valence-corrected chi connectivity index (χ2v) is 7.27. The number of hydrogen-bond acceptors (Lipinski definition) is 4. The third-order valence-electron chi connectivity index (χ3n) is 5.60. The predicted molar refractivity (Wildman–Crippen MR) is 96.9 cm³/mol. The average Bonchev–Trinajstić information content (AvgIpc) is 3.30. The van der Waals surface area contributed by atoms with Crippen molar-refractivity contribution in [1.29, 1.82) is 0 Å². The van der Waals surface area contributed by atoms with E-state index in [1.54, 1.807) is 6.26 Å². The lowest BCUT2D eigenvalue weighted by atomic mass is 10.0. The summed E-state index contributed by atoms with van der Waals surface area (Å²) in [4.78, 5) is 15.2. The zero-order chi connectivity index (χ0) is 18.1. The second kappa shape index (κ2) is 7.18. The normalized spacial score (nSPS) is 20.8. The molecule has 1 aliphatic heterocycles. The average molecular weight is 344 g/mol. The summed E-state index contributed by atoms with van der Waals surface area (Å²) in [7, 11) is 0. The van der Waals surface area contributed by atoms with Gasteiger partial charge in [0.2, 0.25) is 0 Å². The number of likely N-dealkylation sites (tertiary alicyclic amines) is 1. The zero-order valence-electron chi connectivity index (χ0n) is 15.5. The smallest absolute Gasteiger partial charge is 0.181 e. The minimum atomic E-state index is -0.314. The van der Waals surface area contributed by atoms with E-state index >= 15 is 0 Å². The number of aryl methyl sites for hydroxylation is 1. The van der Waals surface area contributed by atoms with E-state index in [-0.39, 0.29) is 23.8 Å². The first-order chi connectivity index (χ1) is 11.9. The van der Waals surface area contributed by atoms with E-state index < -0.39 is 0 Å². The van der Waals surface area contributed by atoms with Crippen molar-refractivity contribution in [2.45, 2.75) is 52.8 Å². The number of Topliss-reactive ketones (excluding diaryl/α,β-unsaturated/α-hetero) is 1. The summed E-state index contributed by atoms with van der Waals surface area (Å²) in [5, 5.41) is 9.79. The summed E-state index contributed by atoms with van der Waals surface area (Å²) in [5.74, 6) is 1.31. The fourth-order valence-electron chi connectivity index (χ4n) is 3.80. The van der Waals surface area contributed by atoms with Crippen LogP contribution in [0.2, 0.25) is 0 Å². The fourth-order valence-corrected chi connectivity index (χ4v) is 3.80. The molecule has 136 valence electrons. The van der Waals surface area contributed by atoms with Gasteiger partial charge >= 0.3 is 0 Å². The third kappa shape index (κ3) is 3.58. The monoisotopic (exact) mass is 344 g/mol. The maximum Gasteiger partial charge on any atom is 0.181 e. The van der Waals surface area contributed by atoms with Gasteiger partial charge in [0.15, 0.2) is 5.78 Å². The molecule has 0 spiro atoms. The Morgan fingerprint density at radius 2 is 2.16 bits per heavy atom. The number of aliphatic hydroxyl groups is 1. The summed E-state index contributed by atoms with van der Waals surface area (Å²) in [6, 6.07) is 5.65. The minimum absolute atomic E-state index is 0.157. The van der Waals surface area contributed by atoms with Crippen molar-refractivity contribution < 1.29 is 14.3 Å². The first-order valence-corrected chi connectivity index (χ1v) is 9.04. The second-order valence-electron chi connectivity index (χ2n) is 7.27. The molecule has 1 N–H and O–H groups in total. The molecular weight excluding hydrogens is 316 g/mol. The molecule has 0 bridgehead atoms. The molecule has 1 saturated heterocycles. The van der Waals surface area contributed by atoms with Crippen molar-refractivity contribution in [3.8, 4) is 0 Å². The summed E-state index contributed by atoms with van der Waals surface area (Å²) in [6.45, 7) is 10.1. The van der Waals surface area contributed by atoms with Crippen LogP contribution in [0.15, 0.2) is 28.9 Å². The molecule has 0 amide bonds. The third-order valence-corrected chi connectivity index (χ3v) is 5.60. The van der Waals surface area contributed by atoms with Gasteiger partial charge in [-0.25, -0.2) is 0 Å². The van der Waals surface area contributed by atoms with Gasteiger partial charge in [0.05, 0.1) is 25.0 Å². The van der Waals surface area contributed by atoms with Gasteiger partial charge in [-0.05, 0) is 64.8 Å². The number of aliphatic hydroxyl groups excluding tert-OH is 1. The van der Waals surface area contributed by atoms with Crippen molar-refractivity contribution in [3.05, 3.63) is 47.2 Å². The SMILES string of the molecule is Cc1cc(C(=O)C(C)N2CCC(C(C)O)C2)c(C)n1Cc1ccco1. The van der Waals surface area contributed by atoms with Crippen LogP contribution in [0.5, 0.6) is 0 Å². The largest absolute Gasteiger partial charge is 0.467 e. The van der Waals surface area contributed by atoms with Crippen molar-refractivity contribution in [1.82, 2.24) is 9.47 Å². The number of hydrogen-bond donors (Lipinski definition) is 1. The lowest BCUT2D eigenvalue weighted by Gasteiger charge is -2.23. The molecule has 0 saturated carbocycles. The van der Waals surface area contributed by atoms with Gasteiger partial charge in [-0.15, -0.1) is 0 Å². The first kappa shape index (κ1) is 18.0. The Labute approximate surface area is 149 Å². The zero-order valence-corrected chi connectivity index (χ0v) is 15.5. The number of carbonyl (C=O) groups is 1. The fraction of sp³-hybridized carbons (Fsp3) is 0.550. The van der Waals surface area contributed by atoms with E-state index in [0.717, 1.165) is 42.2 Å². The minimum Gasteiger partial charge on any atom is -0.467 e. The molecule has 3 heterocycles.